The number of nitrogens with one attached hydrogen (secondary N) is 1. The molecule has 9 nitrogen and oxygen atoms in total. The highest BCUT2D eigenvalue weighted by atomic mass is 16.5. The van der Waals surface area contributed by atoms with Crippen molar-refractivity contribution in [3.05, 3.63) is 81.8 Å². The number of aryl methyl sites for hydroxylation is 1. The molecule has 0 amide bonds. The van der Waals surface area contributed by atoms with Crippen molar-refractivity contribution in [2.45, 2.75) is 13.0 Å². The minimum absolute atomic E-state index is 0.272. The first-order valence-electron chi connectivity index (χ1n) is 9.06. The molecule has 3 heterocycles. The molecule has 0 saturated heterocycles. The standard InChI is InChI=1S/C20H17N7O2/c1-12-16-17(19(28)26(23-12)13-8-4-3-5-9-13)21-20-22-24-25-27(20)18(16)14-10-6-7-11-15(14)29-2/h3-11,18H,1-2H3,(H,21,22,25). The maximum Gasteiger partial charge on any atom is 0.295 e. The molecule has 0 radical (unpaired) electrons. The molecule has 0 fully saturated rings. The molecule has 0 aliphatic carbocycles. The number of benzene rings is 2. The van der Waals surface area contributed by atoms with E-state index in [1.165, 1.54) is 4.68 Å². The van der Waals surface area contributed by atoms with Crippen LogP contribution >= 0.6 is 0 Å². The zero-order chi connectivity index (χ0) is 20.0. The molecule has 1 aliphatic rings. The second kappa shape index (κ2) is 6.55. The Bertz CT molecular complexity index is 1260. The number of nitrogens with zero attached hydrogens (tertiary/aromatic N) is 6. The van der Waals surface area contributed by atoms with E-state index < -0.39 is 6.04 Å². The van der Waals surface area contributed by atoms with E-state index in [9.17, 15) is 4.79 Å². The summed E-state index contributed by atoms with van der Waals surface area (Å²) in [6.07, 6.45) is 0. The minimum atomic E-state index is -0.446. The quantitative estimate of drug-likeness (QED) is 0.507. The molecule has 5 rings (SSSR count). The molecule has 1 aliphatic heterocycles. The molecule has 0 spiro atoms. The van der Waals surface area contributed by atoms with Crippen LogP contribution < -0.4 is 15.6 Å². The fourth-order valence-corrected chi connectivity index (χ4v) is 3.71. The highest BCUT2D eigenvalue weighted by molar-refractivity contribution is 5.66. The largest absolute Gasteiger partial charge is 0.496 e. The first kappa shape index (κ1) is 17.1. The maximum absolute atomic E-state index is 13.4. The normalized spacial score (nSPS) is 14.6. The number of rotatable bonds is 3. The van der Waals surface area contributed by atoms with Crippen LogP contribution in [-0.2, 0) is 0 Å². The van der Waals surface area contributed by atoms with Gasteiger partial charge in [0.05, 0.1) is 18.5 Å². The molecule has 1 unspecified atom stereocenters. The summed E-state index contributed by atoms with van der Waals surface area (Å²) in [6, 6.07) is 16.5. The summed E-state index contributed by atoms with van der Waals surface area (Å²) in [4.78, 5) is 13.4. The van der Waals surface area contributed by atoms with Gasteiger partial charge in [-0.2, -0.15) is 14.5 Å². The number of methoxy groups -OCH3 is 1. The van der Waals surface area contributed by atoms with Crippen molar-refractivity contribution >= 4 is 11.6 Å². The van der Waals surface area contributed by atoms with Gasteiger partial charge in [-0.25, -0.2) is 0 Å². The molecular weight excluding hydrogens is 370 g/mol. The van der Waals surface area contributed by atoms with E-state index in [-0.39, 0.29) is 5.56 Å². The Morgan fingerprint density at radius 2 is 1.83 bits per heavy atom. The number of fused-ring (bicyclic) bond motifs is 2. The molecule has 29 heavy (non-hydrogen) atoms. The van der Waals surface area contributed by atoms with E-state index in [0.717, 1.165) is 5.56 Å². The van der Waals surface area contributed by atoms with Gasteiger partial charge in [0.25, 0.3) is 5.56 Å². The lowest BCUT2D eigenvalue weighted by Crippen LogP contribution is -2.33. The number of hydrogen-bond donors (Lipinski definition) is 1. The van der Waals surface area contributed by atoms with E-state index in [4.69, 9.17) is 4.74 Å². The Kier molecular flexibility index (Phi) is 3.87. The van der Waals surface area contributed by atoms with Crippen molar-refractivity contribution in [2.75, 3.05) is 12.4 Å². The van der Waals surface area contributed by atoms with Crippen molar-refractivity contribution in [1.82, 2.24) is 30.0 Å². The molecule has 1 N–H and O–H groups in total. The number of hydrogen-bond acceptors (Lipinski definition) is 7. The monoisotopic (exact) mass is 387 g/mol. The van der Waals surface area contributed by atoms with Crippen molar-refractivity contribution in [3.63, 3.8) is 0 Å². The Morgan fingerprint density at radius 3 is 2.62 bits per heavy atom. The maximum atomic E-state index is 13.4. The van der Waals surface area contributed by atoms with Crippen molar-refractivity contribution < 1.29 is 4.74 Å². The van der Waals surface area contributed by atoms with Crippen LogP contribution in [0.2, 0.25) is 0 Å². The summed E-state index contributed by atoms with van der Waals surface area (Å²) in [5.74, 6) is 1.06. The fourth-order valence-electron chi connectivity index (χ4n) is 3.71. The molecule has 9 heteroatoms. The molecule has 0 saturated carbocycles. The van der Waals surface area contributed by atoms with E-state index in [1.54, 1.807) is 11.8 Å². The van der Waals surface area contributed by atoms with Crippen molar-refractivity contribution in [2.24, 2.45) is 0 Å². The topological polar surface area (TPSA) is 99.8 Å². The van der Waals surface area contributed by atoms with Gasteiger partial charge in [0, 0.05) is 11.1 Å². The van der Waals surface area contributed by atoms with E-state index in [0.29, 0.717) is 34.3 Å². The van der Waals surface area contributed by atoms with Gasteiger partial charge in [-0.3, -0.25) is 4.79 Å². The van der Waals surface area contributed by atoms with Gasteiger partial charge in [-0.05, 0) is 35.5 Å². The highest BCUT2D eigenvalue weighted by Crippen LogP contribution is 2.41. The third kappa shape index (κ3) is 2.59. The van der Waals surface area contributed by atoms with Crippen LogP contribution in [0.15, 0.2) is 59.4 Å². The van der Waals surface area contributed by atoms with Crippen LogP contribution in [0.25, 0.3) is 5.69 Å². The zero-order valence-corrected chi connectivity index (χ0v) is 15.8. The average molecular weight is 387 g/mol. The number of para-hydroxylation sites is 2. The van der Waals surface area contributed by atoms with E-state index in [1.807, 2.05) is 61.5 Å². The van der Waals surface area contributed by atoms with Crippen LogP contribution in [0.1, 0.15) is 22.9 Å². The predicted molar refractivity (Wildman–Crippen MR) is 106 cm³/mol. The lowest BCUT2D eigenvalue weighted by Gasteiger charge is -2.28. The van der Waals surface area contributed by atoms with Crippen LogP contribution in [0.4, 0.5) is 11.6 Å². The summed E-state index contributed by atoms with van der Waals surface area (Å²) in [5, 5.41) is 19.6. The number of tetrazole rings is 1. The van der Waals surface area contributed by atoms with Gasteiger partial charge in [0.2, 0.25) is 5.95 Å². The van der Waals surface area contributed by atoms with Crippen LogP contribution in [0, 0.1) is 6.92 Å². The summed E-state index contributed by atoms with van der Waals surface area (Å²) < 4.78 is 8.59. The Balaban J connectivity index is 1.80. The third-order valence-corrected chi connectivity index (χ3v) is 5.00. The number of ether oxygens (including phenoxy) is 1. The second-order valence-electron chi connectivity index (χ2n) is 6.64. The van der Waals surface area contributed by atoms with Crippen LogP contribution in [0.3, 0.4) is 0 Å². The number of anilines is 2. The molecule has 2 aromatic carbocycles. The van der Waals surface area contributed by atoms with Crippen LogP contribution in [-0.4, -0.2) is 37.1 Å². The highest BCUT2D eigenvalue weighted by Gasteiger charge is 2.35. The van der Waals surface area contributed by atoms with Gasteiger partial charge in [0.15, 0.2) is 0 Å². The summed E-state index contributed by atoms with van der Waals surface area (Å²) in [6.45, 7) is 1.87. The lowest BCUT2D eigenvalue weighted by molar-refractivity contribution is 0.402. The molecule has 144 valence electrons. The lowest BCUT2D eigenvalue weighted by atomic mass is 9.94. The van der Waals surface area contributed by atoms with Crippen LogP contribution in [0.5, 0.6) is 5.75 Å². The summed E-state index contributed by atoms with van der Waals surface area (Å²) >= 11 is 0. The second-order valence-corrected chi connectivity index (χ2v) is 6.64. The van der Waals surface area contributed by atoms with Gasteiger partial charge >= 0.3 is 0 Å². The SMILES string of the molecule is COc1ccccc1C1c2c(C)nn(-c3ccccc3)c(=O)c2Nc2nnnn21. The third-order valence-electron chi connectivity index (χ3n) is 5.00. The Morgan fingerprint density at radius 1 is 1.07 bits per heavy atom. The van der Waals surface area contributed by atoms with Gasteiger partial charge < -0.3 is 10.1 Å². The molecule has 2 aromatic heterocycles. The molecule has 1 atom stereocenters. The average Bonchev–Trinajstić information content (AvgIpc) is 3.24. The zero-order valence-electron chi connectivity index (χ0n) is 15.8. The fraction of sp³-hybridized carbons (Fsp3) is 0.150. The van der Waals surface area contributed by atoms with Gasteiger partial charge in [-0.15, -0.1) is 0 Å². The summed E-state index contributed by atoms with van der Waals surface area (Å²) in [5.41, 5.74) is 3.06. The first-order chi connectivity index (χ1) is 14.2. The van der Waals surface area contributed by atoms with E-state index in [2.05, 4.69) is 25.9 Å². The van der Waals surface area contributed by atoms with Crippen molar-refractivity contribution in [3.8, 4) is 11.4 Å². The molecule has 0 bridgehead atoms. The summed E-state index contributed by atoms with van der Waals surface area (Å²) in [7, 11) is 1.61. The molecular formula is C20H17N7O2. The minimum Gasteiger partial charge on any atom is -0.496 e. The number of aromatic nitrogens is 6. The van der Waals surface area contributed by atoms with Gasteiger partial charge in [0.1, 0.15) is 17.5 Å². The molecule has 4 aromatic rings. The smallest absolute Gasteiger partial charge is 0.295 e. The van der Waals surface area contributed by atoms with Gasteiger partial charge in [-0.1, -0.05) is 41.5 Å². The Labute approximate surface area is 165 Å². The van der Waals surface area contributed by atoms with E-state index >= 15 is 0 Å². The Hall–Kier alpha value is -4.01. The predicted octanol–water partition coefficient (Wildman–Crippen LogP) is 2.23. The first-order valence-corrected chi connectivity index (χ1v) is 9.06. The van der Waals surface area contributed by atoms with Crippen molar-refractivity contribution in [1.29, 1.82) is 0 Å².